The normalized spacial score (nSPS) is 14.8. The molecule has 4 rings (SSSR count). The number of piperazine rings is 1. The van der Waals surface area contributed by atoms with Crippen LogP contribution in [0.3, 0.4) is 0 Å². The van der Waals surface area contributed by atoms with Gasteiger partial charge in [0.1, 0.15) is 5.82 Å². The van der Waals surface area contributed by atoms with Gasteiger partial charge in [-0.1, -0.05) is 6.07 Å². The van der Waals surface area contributed by atoms with Gasteiger partial charge in [-0.3, -0.25) is 9.59 Å². The quantitative estimate of drug-likeness (QED) is 0.747. The maximum absolute atomic E-state index is 12.9. The van der Waals surface area contributed by atoms with Gasteiger partial charge in [-0.05, 0) is 31.5 Å². The van der Waals surface area contributed by atoms with Crippen LogP contribution in [0.5, 0.6) is 0 Å². The number of aryl methyl sites for hydroxylation is 2. The summed E-state index contributed by atoms with van der Waals surface area (Å²) in [6.45, 7) is 6.53. The van der Waals surface area contributed by atoms with E-state index in [1.807, 2.05) is 30.9 Å². The summed E-state index contributed by atoms with van der Waals surface area (Å²) >= 11 is 1.39. The zero-order valence-electron chi connectivity index (χ0n) is 14.7. The van der Waals surface area contributed by atoms with Crippen LogP contribution in [0.15, 0.2) is 29.1 Å². The molecule has 1 N–H and O–H groups in total. The zero-order valence-corrected chi connectivity index (χ0v) is 15.5. The number of fused-ring (bicyclic) bond motifs is 1. The predicted octanol–water partition coefficient (Wildman–Crippen LogP) is 1.96. The first kappa shape index (κ1) is 16.7. The Hall–Kier alpha value is -2.74. The molecule has 0 atom stereocenters. The second-order valence-electron chi connectivity index (χ2n) is 6.48. The Balaban J connectivity index is 1.51. The van der Waals surface area contributed by atoms with E-state index < -0.39 is 0 Å². The van der Waals surface area contributed by atoms with Crippen LogP contribution >= 0.6 is 11.5 Å². The number of nitrogens with zero attached hydrogens (tertiary/aromatic N) is 4. The summed E-state index contributed by atoms with van der Waals surface area (Å²) in [7, 11) is 0. The van der Waals surface area contributed by atoms with E-state index in [-0.39, 0.29) is 11.5 Å². The molecule has 26 heavy (non-hydrogen) atoms. The third-order valence-electron chi connectivity index (χ3n) is 4.65. The Kier molecular flexibility index (Phi) is 4.20. The highest BCUT2D eigenvalue weighted by molar-refractivity contribution is 7.09. The summed E-state index contributed by atoms with van der Waals surface area (Å²) in [5, 5.41) is 1.87. The Morgan fingerprint density at radius 3 is 2.62 bits per heavy atom. The van der Waals surface area contributed by atoms with Gasteiger partial charge in [0, 0.05) is 60.2 Å². The molecule has 0 aliphatic carbocycles. The molecular formula is C18H19N5O2S. The van der Waals surface area contributed by atoms with Gasteiger partial charge in [-0.2, -0.15) is 4.37 Å². The van der Waals surface area contributed by atoms with Crippen molar-refractivity contribution in [3.05, 3.63) is 51.6 Å². The van der Waals surface area contributed by atoms with Crippen LogP contribution in [0.1, 0.15) is 21.7 Å². The number of pyridine rings is 1. The van der Waals surface area contributed by atoms with E-state index >= 15 is 0 Å². The van der Waals surface area contributed by atoms with Crippen molar-refractivity contribution in [2.75, 3.05) is 31.1 Å². The number of nitrogens with one attached hydrogen (secondary N) is 1. The van der Waals surface area contributed by atoms with Gasteiger partial charge >= 0.3 is 0 Å². The van der Waals surface area contributed by atoms with Gasteiger partial charge in [0.25, 0.3) is 5.91 Å². The maximum atomic E-state index is 12.9. The number of hydrogen-bond donors (Lipinski definition) is 1. The fourth-order valence-corrected chi connectivity index (χ4v) is 3.99. The molecular weight excluding hydrogens is 350 g/mol. The summed E-state index contributed by atoms with van der Waals surface area (Å²) in [5.74, 6) is 0.770. The van der Waals surface area contributed by atoms with Gasteiger partial charge < -0.3 is 14.8 Å². The number of benzene rings is 1. The van der Waals surface area contributed by atoms with E-state index in [1.54, 1.807) is 12.1 Å². The topological polar surface area (TPSA) is 82.2 Å². The van der Waals surface area contributed by atoms with Crippen molar-refractivity contribution < 1.29 is 4.79 Å². The average molecular weight is 369 g/mol. The highest BCUT2D eigenvalue weighted by atomic mass is 32.1. The second-order valence-corrected chi connectivity index (χ2v) is 7.21. The van der Waals surface area contributed by atoms with Gasteiger partial charge in [0.15, 0.2) is 0 Å². The number of anilines is 1. The Bertz CT molecular complexity index is 1030. The van der Waals surface area contributed by atoms with Crippen LogP contribution in [0.25, 0.3) is 10.9 Å². The first-order valence-corrected chi connectivity index (χ1v) is 9.27. The molecule has 1 fully saturated rings. The molecule has 7 nitrogen and oxygen atoms in total. The van der Waals surface area contributed by atoms with Crippen molar-refractivity contribution in [2.45, 2.75) is 13.8 Å². The van der Waals surface area contributed by atoms with Gasteiger partial charge in [0.2, 0.25) is 10.7 Å². The largest absolute Gasteiger partial charge is 0.343 e. The van der Waals surface area contributed by atoms with Crippen LogP contribution in [0.4, 0.5) is 5.13 Å². The van der Waals surface area contributed by atoms with E-state index in [4.69, 9.17) is 0 Å². The van der Waals surface area contributed by atoms with Crippen molar-refractivity contribution in [2.24, 2.45) is 0 Å². The first-order valence-electron chi connectivity index (χ1n) is 8.49. The third-order valence-corrected chi connectivity index (χ3v) is 5.52. The van der Waals surface area contributed by atoms with Crippen LogP contribution in [0, 0.1) is 13.8 Å². The second kappa shape index (κ2) is 6.53. The molecule has 3 aromatic rings. The molecule has 1 aliphatic heterocycles. The summed E-state index contributed by atoms with van der Waals surface area (Å²) < 4.78 is 4.22. The third kappa shape index (κ3) is 3.08. The van der Waals surface area contributed by atoms with Gasteiger partial charge in [0.05, 0.1) is 0 Å². The summed E-state index contributed by atoms with van der Waals surface area (Å²) in [4.78, 5) is 35.8. The number of carbonyl (C=O) groups is 1. The number of aromatic amines is 1. The van der Waals surface area contributed by atoms with E-state index in [9.17, 15) is 9.59 Å². The van der Waals surface area contributed by atoms with Gasteiger partial charge in [-0.15, -0.1) is 0 Å². The van der Waals surface area contributed by atoms with Crippen LogP contribution < -0.4 is 10.5 Å². The predicted molar refractivity (Wildman–Crippen MR) is 102 cm³/mol. The van der Waals surface area contributed by atoms with E-state index in [1.165, 1.54) is 11.5 Å². The Morgan fingerprint density at radius 1 is 1.15 bits per heavy atom. The molecule has 0 spiro atoms. The number of amides is 1. The first-order chi connectivity index (χ1) is 12.5. The molecule has 1 amide bonds. The molecule has 3 heterocycles. The van der Waals surface area contributed by atoms with Crippen LogP contribution in [-0.4, -0.2) is 51.3 Å². The van der Waals surface area contributed by atoms with Crippen LogP contribution in [-0.2, 0) is 0 Å². The molecule has 8 heteroatoms. The van der Waals surface area contributed by atoms with Crippen molar-refractivity contribution in [3.63, 3.8) is 0 Å². The molecule has 0 unspecified atom stereocenters. The Labute approximate surface area is 154 Å². The summed E-state index contributed by atoms with van der Waals surface area (Å²) in [5.41, 5.74) is 2.05. The number of rotatable bonds is 2. The lowest BCUT2D eigenvalue weighted by Crippen LogP contribution is -2.48. The molecule has 0 bridgehead atoms. The molecule has 0 radical (unpaired) electrons. The lowest BCUT2D eigenvalue weighted by molar-refractivity contribution is 0.0747. The highest BCUT2D eigenvalue weighted by Crippen LogP contribution is 2.21. The minimum atomic E-state index is -0.152. The van der Waals surface area contributed by atoms with E-state index in [2.05, 4.69) is 19.2 Å². The number of H-pyrrole nitrogens is 1. The fraction of sp³-hybridized carbons (Fsp3) is 0.333. The zero-order chi connectivity index (χ0) is 18.3. The number of aromatic nitrogens is 3. The van der Waals surface area contributed by atoms with Crippen molar-refractivity contribution in [1.29, 1.82) is 0 Å². The van der Waals surface area contributed by atoms with Crippen molar-refractivity contribution >= 4 is 33.5 Å². The van der Waals surface area contributed by atoms with Crippen molar-refractivity contribution in [3.8, 4) is 0 Å². The summed E-state index contributed by atoms with van der Waals surface area (Å²) in [6.07, 6.45) is 0. The van der Waals surface area contributed by atoms with Crippen LogP contribution in [0.2, 0.25) is 0 Å². The average Bonchev–Trinajstić information content (AvgIpc) is 3.07. The van der Waals surface area contributed by atoms with Gasteiger partial charge in [-0.25, -0.2) is 4.98 Å². The summed E-state index contributed by atoms with van der Waals surface area (Å²) in [6, 6.07) is 7.06. The van der Waals surface area contributed by atoms with E-state index in [0.29, 0.717) is 24.2 Å². The molecule has 0 saturated carbocycles. The Morgan fingerprint density at radius 2 is 1.92 bits per heavy atom. The SMILES string of the molecule is Cc1nsc(N2CCN(C(=O)c3ccc4c(C)cc(=O)[nH]c4c3)CC2)n1. The highest BCUT2D eigenvalue weighted by Gasteiger charge is 2.24. The molecule has 2 aromatic heterocycles. The monoisotopic (exact) mass is 369 g/mol. The molecule has 1 saturated heterocycles. The molecule has 1 aromatic carbocycles. The fourth-order valence-electron chi connectivity index (χ4n) is 3.27. The number of carbonyl (C=O) groups excluding carboxylic acids is 1. The lowest BCUT2D eigenvalue weighted by Gasteiger charge is -2.34. The minimum Gasteiger partial charge on any atom is -0.343 e. The lowest BCUT2D eigenvalue weighted by atomic mass is 10.1. The number of hydrogen-bond acceptors (Lipinski definition) is 6. The minimum absolute atomic E-state index is 0.0117. The standard InChI is InChI=1S/C18H19N5O2S/c1-11-9-16(24)20-15-10-13(3-4-14(11)15)17(25)22-5-7-23(8-6-22)18-19-12(2)21-26-18/h3-4,9-10H,5-8H2,1-2H3,(H,20,24). The van der Waals surface area contributed by atoms with E-state index in [0.717, 1.165) is 35.0 Å². The molecule has 1 aliphatic rings. The maximum Gasteiger partial charge on any atom is 0.254 e. The van der Waals surface area contributed by atoms with Crippen molar-refractivity contribution in [1.82, 2.24) is 19.2 Å². The smallest absolute Gasteiger partial charge is 0.254 e. The molecule has 134 valence electrons.